The Kier molecular flexibility index (Phi) is 4.16. The number of phenolic OH excluding ortho intramolecular Hbond substituents is 1. The van der Waals surface area contributed by atoms with E-state index in [4.69, 9.17) is 0 Å². The van der Waals surface area contributed by atoms with Crippen LogP contribution in [0.1, 0.15) is 36.8 Å². The van der Waals surface area contributed by atoms with Gasteiger partial charge in [-0.3, -0.25) is 0 Å². The molecule has 20 heavy (non-hydrogen) atoms. The number of aromatic hydroxyl groups is 1. The Labute approximate surface area is 117 Å². The lowest BCUT2D eigenvalue weighted by Crippen LogP contribution is -2.41. The summed E-state index contributed by atoms with van der Waals surface area (Å²) >= 11 is 0. The first-order chi connectivity index (χ1) is 9.29. The fraction of sp³-hybridized carbons (Fsp3) is 0.600. The molecule has 112 valence electrons. The quantitative estimate of drug-likeness (QED) is 0.783. The van der Waals surface area contributed by atoms with Gasteiger partial charge in [-0.15, -0.1) is 0 Å². The van der Waals surface area contributed by atoms with Gasteiger partial charge in [-0.25, -0.2) is 0 Å². The molecule has 2 nitrogen and oxygen atoms in total. The number of alkyl halides is 3. The van der Waals surface area contributed by atoms with E-state index in [0.717, 1.165) is 12.0 Å². The third kappa shape index (κ3) is 3.19. The van der Waals surface area contributed by atoms with Gasteiger partial charge >= 0.3 is 6.18 Å². The molecule has 2 N–H and O–H groups in total. The van der Waals surface area contributed by atoms with E-state index in [2.05, 4.69) is 5.32 Å². The number of halogens is 3. The van der Waals surface area contributed by atoms with Gasteiger partial charge < -0.3 is 10.4 Å². The second-order valence-electron chi connectivity index (χ2n) is 5.64. The van der Waals surface area contributed by atoms with E-state index in [1.54, 1.807) is 26.0 Å². The first-order valence-electron chi connectivity index (χ1n) is 6.92. The van der Waals surface area contributed by atoms with Crippen LogP contribution in [0.3, 0.4) is 0 Å². The third-order valence-electron chi connectivity index (χ3n) is 4.07. The molecule has 1 aromatic carbocycles. The number of rotatable bonds is 2. The monoisotopic (exact) mass is 287 g/mol. The molecule has 1 aromatic rings. The van der Waals surface area contributed by atoms with Crippen molar-refractivity contribution in [3.05, 3.63) is 23.3 Å². The molecule has 2 unspecified atom stereocenters. The Bertz CT molecular complexity index is 485. The maximum atomic E-state index is 13.1. The van der Waals surface area contributed by atoms with E-state index >= 15 is 0 Å². The molecule has 0 bridgehead atoms. The van der Waals surface area contributed by atoms with E-state index in [1.165, 1.54) is 0 Å². The van der Waals surface area contributed by atoms with Crippen LogP contribution in [-0.4, -0.2) is 17.3 Å². The molecule has 1 aliphatic carbocycles. The maximum absolute atomic E-state index is 13.1. The van der Waals surface area contributed by atoms with Crippen molar-refractivity contribution in [2.75, 3.05) is 5.32 Å². The van der Waals surface area contributed by atoms with Crippen LogP contribution in [0.2, 0.25) is 0 Å². The summed E-state index contributed by atoms with van der Waals surface area (Å²) in [6.07, 6.45) is -1.98. The van der Waals surface area contributed by atoms with Crippen LogP contribution in [-0.2, 0) is 0 Å². The first-order valence-corrected chi connectivity index (χ1v) is 6.92. The highest BCUT2D eigenvalue weighted by molar-refractivity contribution is 5.57. The van der Waals surface area contributed by atoms with Crippen molar-refractivity contribution >= 4 is 5.69 Å². The molecule has 1 saturated carbocycles. The normalized spacial score (nSPS) is 23.6. The van der Waals surface area contributed by atoms with Gasteiger partial charge in [-0.2, -0.15) is 13.2 Å². The molecule has 0 radical (unpaired) electrons. The summed E-state index contributed by atoms with van der Waals surface area (Å²) in [5.74, 6) is -1.12. The standard InChI is InChI=1S/C15H20F3NO/c1-9-8-14(20)10(2)7-13(9)19-12-6-4-3-5-11(12)15(16,17)18/h7-8,11-12,19-20H,3-6H2,1-2H3. The zero-order valence-corrected chi connectivity index (χ0v) is 11.7. The van der Waals surface area contributed by atoms with Gasteiger partial charge in [0.1, 0.15) is 5.75 Å². The second-order valence-corrected chi connectivity index (χ2v) is 5.64. The zero-order valence-electron chi connectivity index (χ0n) is 11.7. The Hall–Kier alpha value is -1.39. The zero-order chi connectivity index (χ0) is 14.9. The number of hydrogen-bond acceptors (Lipinski definition) is 2. The average Bonchev–Trinajstić information content (AvgIpc) is 2.35. The van der Waals surface area contributed by atoms with Gasteiger partial charge in [0.05, 0.1) is 5.92 Å². The van der Waals surface area contributed by atoms with E-state index in [0.29, 0.717) is 24.1 Å². The number of hydrogen-bond donors (Lipinski definition) is 2. The fourth-order valence-electron chi connectivity index (χ4n) is 2.85. The summed E-state index contributed by atoms with van der Waals surface area (Å²) < 4.78 is 39.2. The Morgan fingerprint density at radius 2 is 1.75 bits per heavy atom. The summed E-state index contributed by atoms with van der Waals surface area (Å²) in [7, 11) is 0. The van der Waals surface area contributed by atoms with Crippen molar-refractivity contribution in [1.82, 2.24) is 0 Å². The van der Waals surface area contributed by atoms with Crippen LogP contribution < -0.4 is 5.32 Å². The first kappa shape index (κ1) is 15.0. The predicted octanol–water partition coefficient (Wildman–Crippen LogP) is 4.54. The lowest BCUT2D eigenvalue weighted by Gasteiger charge is -2.34. The van der Waals surface area contributed by atoms with Gasteiger partial charge in [0.25, 0.3) is 0 Å². The van der Waals surface area contributed by atoms with E-state index in [1.807, 2.05) is 0 Å². The molecule has 1 aliphatic rings. The average molecular weight is 287 g/mol. The fourth-order valence-corrected chi connectivity index (χ4v) is 2.85. The minimum atomic E-state index is -4.15. The van der Waals surface area contributed by atoms with Crippen LogP contribution in [0, 0.1) is 19.8 Å². The number of benzene rings is 1. The molecule has 1 fully saturated rings. The van der Waals surface area contributed by atoms with Gasteiger partial charge in [-0.05, 0) is 49.9 Å². The van der Waals surface area contributed by atoms with Crippen molar-refractivity contribution in [2.24, 2.45) is 5.92 Å². The van der Waals surface area contributed by atoms with Gasteiger partial charge in [0.15, 0.2) is 0 Å². The number of aryl methyl sites for hydroxylation is 2. The number of nitrogens with one attached hydrogen (secondary N) is 1. The molecule has 0 spiro atoms. The van der Waals surface area contributed by atoms with E-state index in [9.17, 15) is 18.3 Å². The summed E-state index contributed by atoms with van der Waals surface area (Å²) in [5.41, 5.74) is 2.11. The molecule has 5 heteroatoms. The smallest absolute Gasteiger partial charge is 0.393 e. The summed E-state index contributed by atoms with van der Waals surface area (Å²) in [4.78, 5) is 0. The minimum Gasteiger partial charge on any atom is -0.508 e. The highest BCUT2D eigenvalue weighted by Crippen LogP contribution is 2.39. The highest BCUT2D eigenvalue weighted by atomic mass is 19.4. The lowest BCUT2D eigenvalue weighted by molar-refractivity contribution is -0.184. The topological polar surface area (TPSA) is 32.3 Å². The van der Waals surface area contributed by atoms with Crippen LogP contribution in [0.5, 0.6) is 5.75 Å². The van der Waals surface area contributed by atoms with Crippen molar-refractivity contribution in [1.29, 1.82) is 0 Å². The van der Waals surface area contributed by atoms with Gasteiger partial charge in [-0.1, -0.05) is 12.8 Å². The third-order valence-corrected chi connectivity index (χ3v) is 4.07. The Morgan fingerprint density at radius 1 is 1.10 bits per heavy atom. The van der Waals surface area contributed by atoms with Gasteiger partial charge in [0, 0.05) is 11.7 Å². The van der Waals surface area contributed by atoms with Crippen LogP contribution >= 0.6 is 0 Å². The van der Waals surface area contributed by atoms with Crippen molar-refractivity contribution < 1.29 is 18.3 Å². The molecule has 0 amide bonds. The number of anilines is 1. The minimum absolute atomic E-state index is 0.170. The summed E-state index contributed by atoms with van der Waals surface area (Å²) in [6, 6.07) is 2.72. The highest BCUT2D eigenvalue weighted by Gasteiger charge is 2.45. The van der Waals surface area contributed by atoms with E-state index < -0.39 is 18.1 Å². The van der Waals surface area contributed by atoms with E-state index in [-0.39, 0.29) is 12.2 Å². The van der Waals surface area contributed by atoms with Crippen LogP contribution in [0.25, 0.3) is 0 Å². The SMILES string of the molecule is Cc1cc(NC2CCCCC2C(F)(F)F)c(C)cc1O. The molecule has 0 heterocycles. The molecule has 0 aliphatic heterocycles. The molecular weight excluding hydrogens is 267 g/mol. The molecular formula is C15H20F3NO. The lowest BCUT2D eigenvalue weighted by atomic mass is 9.83. The molecule has 0 saturated heterocycles. The number of phenols is 1. The van der Waals surface area contributed by atoms with Crippen LogP contribution in [0.4, 0.5) is 18.9 Å². The van der Waals surface area contributed by atoms with Crippen molar-refractivity contribution in [3.63, 3.8) is 0 Å². The van der Waals surface area contributed by atoms with Crippen LogP contribution in [0.15, 0.2) is 12.1 Å². The van der Waals surface area contributed by atoms with Gasteiger partial charge in [0.2, 0.25) is 0 Å². The Balaban J connectivity index is 2.21. The predicted molar refractivity (Wildman–Crippen MR) is 73.0 cm³/mol. The molecule has 0 aromatic heterocycles. The molecule has 2 atom stereocenters. The summed E-state index contributed by atoms with van der Waals surface area (Å²) in [5, 5.41) is 12.6. The largest absolute Gasteiger partial charge is 0.508 e. The Morgan fingerprint density at radius 3 is 2.40 bits per heavy atom. The van der Waals surface area contributed by atoms with Crippen molar-refractivity contribution in [2.45, 2.75) is 51.7 Å². The van der Waals surface area contributed by atoms with Crippen molar-refractivity contribution in [3.8, 4) is 5.75 Å². The summed E-state index contributed by atoms with van der Waals surface area (Å²) in [6.45, 7) is 3.52. The maximum Gasteiger partial charge on any atom is 0.393 e. The molecule has 2 rings (SSSR count). The second kappa shape index (κ2) is 5.54.